The average molecular weight is 522 g/mol. The van der Waals surface area contributed by atoms with Gasteiger partial charge in [-0.1, -0.05) is 0 Å². The molecule has 7 N–H and O–H groups in total. The summed E-state index contributed by atoms with van der Waals surface area (Å²) < 4.78 is 26.6. The molecule has 1 aliphatic heterocycles. The predicted molar refractivity (Wildman–Crippen MR) is 121 cm³/mol. The second-order valence-corrected chi connectivity index (χ2v) is 8.01. The summed E-state index contributed by atoms with van der Waals surface area (Å²) in [5.41, 5.74) is -1.33. The van der Waals surface area contributed by atoms with Crippen LogP contribution in [-0.2, 0) is 9.53 Å². The van der Waals surface area contributed by atoms with E-state index in [0.29, 0.717) is 0 Å². The number of aliphatic hydroxyl groups excluding tert-OH is 3. The van der Waals surface area contributed by atoms with Gasteiger partial charge in [0.25, 0.3) is 0 Å². The highest BCUT2D eigenvalue weighted by Gasteiger charge is 2.48. The van der Waals surface area contributed by atoms with Gasteiger partial charge in [0.1, 0.15) is 40.8 Å². The van der Waals surface area contributed by atoms with E-state index in [2.05, 4.69) is 0 Å². The zero-order chi connectivity index (χ0) is 27.2. The van der Waals surface area contributed by atoms with Crippen LogP contribution in [0.4, 0.5) is 0 Å². The zero-order valence-electron chi connectivity index (χ0n) is 19.2. The maximum atomic E-state index is 13.5. The number of phenols is 3. The Labute approximate surface area is 206 Å². The molecule has 1 saturated heterocycles. The van der Waals surface area contributed by atoms with Gasteiger partial charge >= 0.3 is 5.97 Å². The molecule has 3 aromatic rings. The lowest BCUT2D eigenvalue weighted by molar-refractivity contribution is -0.271. The third kappa shape index (κ3) is 4.42. The van der Waals surface area contributed by atoms with Gasteiger partial charge in [-0.05, 0) is 12.1 Å². The predicted octanol–water partition coefficient (Wildman–Crippen LogP) is -0.135. The molecule has 4 rings (SSSR count). The maximum Gasteiger partial charge on any atom is 0.335 e. The Balaban J connectivity index is 1.96. The lowest BCUT2D eigenvalue weighted by Crippen LogP contribution is -2.61. The molecule has 0 aliphatic carbocycles. The number of methoxy groups -OCH3 is 2. The van der Waals surface area contributed by atoms with Crippen LogP contribution in [-0.4, -0.2) is 86.6 Å². The Morgan fingerprint density at radius 1 is 0.919 bits per heavy atom. The van der Waals surface area contributed by atoms with Crippen LogP contribution in [0.25, 0.3) is 22.3 Å². The zero-order valence-corrected chi connectivity index (χ0v) is 19.2. The molecule has 0 unspecified atom stereocenters. The van der Waals surface area contributed by atoms with Crippen molar-refractivity contribution >= 4 is 16.9 Å². The van der Waals surface area contributed by atoms with Crippen molar-refractivity contribution in [2.24, 2.45) is 0 Å². The topological polar surface area (TPSA) is 226 Å². The Morgan fingerprint density at radius 2 is 1.54 bits per heavy atom. The van der Waals surface area contributed by atoms with Crippen LogP contribution < -0.4 is 19.6 Å². The number of phenolic OH excluding ortho intramolecular Hbond substituents is 3. The van der Waals surface area contributed by atoms with Crippen LogP contribution in [0.1, 0.15) is 0 Å². The van der Waals surface area contributed by atoms with E-state index >= 15 is 0 Å². The quantitative estimate of drug-likeness (QED) is 0.224. The van der Waals surface area contributed by atoms with Crippen molar-refractivity contribution in [1.82, 2.24) is 0 Å². The summed E-state index contributed by atoms with van der Waals surface area (Å²) in [4.78, 5) is 24.9. The number of hydrogen-bond donors (Lipinski definition) is 7. The fraction of sp³-hybridized carbons (Fsp3) is 0.304. The number of carbonyl (C=O) groups is 1. The largest absolute Gasteiger partial charge is 0.508 e. The maximum absolute atomic E-state index is 13.5. The van der Waals surface area contributed by atoms with Crippen LogP contribution in [0.2, 0.25) is 0 Å². The summed E-state index contributed by atoms with van der Waals surface area (Å²) in [7, 11) is 2.49. The van der Waals surface area contributed by atoms with Crippen LogP contribution >= 0.6 is 0 Å². The van der Waals surface area contributed by atoms with E-state index in [1.54, 1.807) is 0 Å². The summed E-state index contributed by atoms with van der Waals surface area (Å²) in [5.74, 6) is -4.55. The van der Waals surface area contributed by atoms with Gasteiger partial charge in [0.05, 0.1) is 14.2 Å². The van der Waals surface area contributed by atoms with Crippen LogP contribution in [0, 0.1) is 0 Å². The Kier molecular flexibility index (Phi) is 6.75. The molecule has 198 valence electrons. The standard InChI is InChI=1S/C23H22O14/c1-33-11-3-7(4-12(34-2)14(11)26)19-20(15(27)13-9(25)5-8(24)6-10(13)35-19)36-23-18(30)16(28)17(29)21(37-23)22(31)32/h3-6,16-18,21,23-26,28-30H,1-2H3,(H,31,32)/t16-,17+,18+,21+,23-/m1/s1. The molecule has 0 saturated carbocycles. The normalized spacial score (nSPS) is 23.5. The molecule has 0 spiro atoms. The highest BCUT2D eigenvalue weighted by Crippen LogP contribution is 2.44. The third-order valence-electron chi connectivity index (χ3n) is 5.71. The monoisotopic (exact) mass is 522 g/mol. The molecule has 14 nitrogen and oxygen atoms in total. The van der Waals surface area contributed by atoms with Gasteiger partial charge < -0.3 is 59.1 Å². The van der Waals surface area contributed by atoms with Gasteiger partial charge in [0.15, 0.2) is 23.4 Å². The second-order valence-electron chi connectivity index (χ2n) is 8.01. The smallest absolute Gasteiger partial charge is 0.335 e. The summed E-state index contributed by atoms with van der Waals surface area (Å²) in [6, 6.07) is 4.36. The summed E-state index contributed by atoms with van der Waals surface area (Å²) in [6.45, 7) is 0. The number of carboxylic acids is 1. The number of hydrogen-bond acceptors (Lipinski definition) is 13. The van der Waals surface area contributed by atoms with Crippen molar-refractivity contribution < 1.29 is 63.9 Å². The van der Waals surface area contributed by atoms with Gasteiger partial charge in [-0.3, -0.25) is 4.79 Å². The number of benzene rings is 2. The Bertz CT molecular complexity index is 1390. The van der Waals surface area contributed by atoms with E-state index in [1.807, 2.05) is 0 Å². The molecule has 14 heteroatoms. The van der Waals surface area contributed by atoms with E-state index in [9.17, 15) is 45.3 Å². The highest BCUT2D eigenvalue weighted by molar-refractivity contribution is 5.88. The number of aromatic hydroxyl groups is 3. The van der Waals surface area contributed by atoms with E-state index in [0.717, 1.165) is 12.1 Å². The molecule has 0 bridgehead atoms. The van der Waals surface area contributed by atoms with Gasteiger partial charge in [0.2, 0.25) is 23.2 Å². The summed E-state index contributed by atoms with van der Waals surface area (Å²) in [6.07, 6.45) is -10.1. The molecule has 1 aliphatic rings. The first kappa shape index (κ1) is 25.8. The van der Waals surface area contributed by atoms with Crippen molar-refractivity contribution in [3.05, 3.63) is 34.5 Å². The molecule has 2 heterocycles. The van der Waals surface area contributed by atoms with E-state index in [1.165, 1.54) is 26.4 Å². The molecule has 0 radical (unpaired) electrons. The lowest BCUT2D eigenvalue weighted by atomic mass is 9.99. The lowest BCUT2D eigenvalue weighted by Gasteiger charge is -2.38. The minimum Gasteiger partial charge on any atom is -0.508 e. The minimum atomic E-state index is -2.03. The molecule has 1 fully saturated rings. The average Bonchev–Trinajstić information content (AvgIpc) is 2.85. The Hall–Kier alpha value is -4.24. The van der Waals surface area contributed by atoms with Gasteiger partial charge in [0, 0.05) is 17.7 Å². The number of fused-ring (bicyclic) bond motifs is 1. The van der Waals surface area contributed by atoms with Gasteiger partial charge in [-0.25, -0.2) is 4.79 Å². The van der Waals surface area contributed by atoms with Gasteiger partial charge in [-0.15, -0.1) is 0 Å². The SMILES string of the molecule is COc1cc(-c2oc3cc(O)cc(O)c3c(=O)c2O[C@@H]2O[C@H](C(=O)O)[C@@H](O)[C@@H](O)[C@@H]2O)cc(OC)c1O. The first-order chi connectivity index (χ1) is 17.5. The van der Waals surface area contributed by atoms with E-state index < -0.39 is 70.5 Å². The molecule has 0 amide bonds. The van der Waals surface area contributed by atoms with Crippen molar-refractivity contribution in [1.29, 1.82) is 0 Å². The number of aliphatic carboxylic acids is 1. The fourth-order valence-corrected chi connectivity index (χ4v) is 3.86. The second kappa shape index (κ2) is 9.67. The van der Waals surface area contributed by atoms with Crippen molar-refractivity contribution in [3.63, 3.8) is 0 Å². The molecule has 1 aromatic heterocycles. The molecule has 37 heavy (non-hydrogen) atoms. The van der Waals surface area contributed by atoms with E-state index in [4.69, 9.17) is 23.4 Å². The summed E-state index contributed by atoms with van der Waals surface area (Å²) >= 11 is 0. The Morgan fingerprint density at radius 3 is 2.11 bits per heavy atom. The fourth-order valence-electron chi connectivity index (χ4n) is 3.86. The van der Waals surface area contributed by atoms with Crippen LogP contribution in [0.5, 0.6) is 34.5 Å². The van der Waals surface area contributed by atoms with Crippen molar-refractivity contribution in [2.75, 3.05) is 14.2 Å². The number of ether oxygens (including phenoxy) is 4. The number of carboxylic acid groups (broad SMARTS) is 1. The summed E-state index contributed by atoms with van der Waals surface area (Å²) in [5, 5.41) is 69.7. The molecular formula is C23H22O14. The highest BCUT2D eigenvalue weighted by atomic mass is 16.7. The first-order valence-electron chi connectivity index (χ1n) is 10.6. The van der Waals surface area contributed by atoms with Crippen LogP contribution in [0.3, 0.4) is 0 Å². The first-order valence-corrected chi connectivity index (χ1v) is 10.6. The van der Waals surface area contributed by atoms with Gasteiger partial charge in [-0.2, -0.15) is 0 Å². The molecular weight excluding hydrogens is 500 g/mol. The molecule has 2 aromatic carbocycles. The third-order valence-corrected chi connectivity index (χ3v) is 5.71. The minimum absolute atomic E-state index is 0.00370. The molecule has 5 atom stereocenters. The van der Waals surface area contributed by atoms with Crippen molar-refractivity contribution in [3.8, 4) is 45.8 Å². The van der Waals surface area contributed by atoms with E-state index in [-0.39, 0.29) is 28.4 Å². The number of rotatable bonds is 6. The van der Waals surface area contributed by atoms with Crippen LogP contribution in [0.15, 0.2) is 33.5 Å². The number of aliphatic hydroxyl groups is 3. The van der Waals surface area contributed by atoms with Crippen molar-refractivity contribution in [2.45, 2.75) is 30.7 Å².